The van der Waals surface area contributed by atoms with Gasteiger partial charge in [0, 0.05) is 20.5 Å². The van der Waals surface area contributed by atoms with E-state index in [1.165, 1.54) is 0 Å². The van der Waals surface area contributed by atoms with Crippen molar-refractivity contribution in [3.05, 3.63) is 32.5 Å². The first kappa shape index (κ1) is 16.1. The van der Waals surface area contributed by atoms with Gasteiger partial charge in [-0.05, 0) is 71.9 Å². The summed E-state index contributed by atoms with van der Waals surface area (Å²) in [7, 11) is 0. The fraction of sp³-hybridized carbons (Fsp3) is 0.471. The summed E-state index contributed by atoms with van der Waals surface area (Å²) in [4.78, 5) is 15.6. The van der Waals surface area contributed by atoms with Gasteiger partial charge >= 0.3 is 0 Å². The van der Waals surface area contributed by atoms with Crippen molar-refractivity contribution in [2.75, 3.05) is 0 Å². The van der Waals surface area contributed by atoms with Crippen molar-refractivity contribution in [1.29, 1.82) is 0 Å². The number of aromatic nitrogens is 1. The van der Waals surface area contributed by atoms with Crippen molar-refractivity contribution in [2.24, 2.45) is 5.41 Å². The smallest absolute Gasteiger partial charge is 0.267 e. The van der Waals surface area contributed by atoms with Gasteiger partial charge in [0.05, 0.1) is 5.02 Å². The standard InChI is InChI=1S/C17H20ClIN2O/c1-17(2)5-3-11(4-6-17)20-16(22)15-9-12-13(18)7-10(19)8-14(12)21-15/h7-9,11,21H,3-6H2,1-2H3,(H,20,22). The molecule has 5 heteroatoms. The van der Waals surface area contributed by atoms with Gasteiger partial charge in [-0.1, -0.05) is 25.4 Å². The number of carbonyl (C=O) groups is 1. The Morgan fingerprint density at radius 3 is 2.68 bits per heavy atom. The third kappa shape index (κ3) is 3.43. The van der Waals surface area contributed by atoms with E-state index in [2.05, 4.69) is 46.7 Å². The second-order valence-electron chi connectivity index (χ2n) is 6.94. The first-order chi connectivity index (χ1) is 10.3. The fourth-order valence-electron chi connectivity index (χ4n) is 3.09. The largest absolute Gasteiger partial charge is 0.350 e. The van der Waals surface area contributed by atoms with E-state index in [4.69, 9.17) is 11.6 Å². The fourth-order valence-corrected chi connectivity index (χ4v) is 4.17. The van der Waals surface area contributed by atoms with Gasteiger partial charge in [-0.25, -0.2) is 0 Å². The summed E-state index contributed by atoms with van der Waals surface area (Å²) in [5.41, 5.74) is 1.91. The summed E-state index contributed by atoms with van der Waals surface area (Å²) < 4.78 is 1.05. The topological polar surface area (TPSA) is 44.9 Å². The summed E-state index contributed by atoms with van der Waals surface area (Å²) in [6, 6.07) is 6.03. The molecule has 0 bridgehead atoms. The maximum Gasteiger partial charge on any atom is 0.267 e. The zero-order valence-electron chi connectivity index (χ0n) is 12.8. The van der Waals surface area contributed by atoms with Crippen molar-refractivity contribution < 1.29 is 4.79 Å². The molecule has 1 aliphatic carbocycles. The van der Waals surface area contributed by atoms with Crippen molar-refractivity contribution in [3.63, 3.8) is 0 Å². The molecule has 118 valence electrons. The number of H-pyrrole nitrogens is 1. The van der Waals surface area contributed by atoms with Crippen LogP contribution in [-0.4, -0.2) is 16.9 Å². The van der Waals surface area contributed by atoms with Gasteiger partial charge in [-0.15, -0.1) is 0 Å². The zero-order chi connectivity index (χ0) is 15.9. The lowest BCUT2D eigenvalue weighted by Crippen LogP contribution is -2.39. The second-order valence-corrected chi connectivity index (χ2v) is 8.60. The average molecular weight is 431 g/mol. The van der Waals surface area contributed by atoms with E-state index in [0.29, 0.717) is 16.1 Å². The maximum atomic E-state index is 12.5. The molecule has 1 saturated carbocycles. The molecular formula is C17H20ClIN2O. The van der Waals surface area contributed by atoms with E-state index in [1.54, 1.807) is 0 Å². The van der Waals surface area contributed by atoms with Crippen molar-refractivity contribution in [2.45, 2.75) is 45.6 Å². The van der Waals surface area contributed by atoms with Crippen LogP contribution in [-0.2, 0) is 0 Å². The lowest BCUT2D eigenvalue weighted by Gasteiger charge is -2.34. The van der Waals surface area contributed by atoms with Crippen LogP contribution in [0.4, 0.5) is 0 Å². The number of nitrogens with one attached hydrogen (secondary N) is 2. The van der Waals surface area contributed by atoms with Gasteiger partial charge in [0.25, 0.3) is 5.91 Å². The van der Waals surface area contributed by atoms with E-state index < -0.39 is 0 Å². The molecule has 0 spiro atoms. The number of rotatable bonds is 2. The summed E-state index contributed by atoms with van der Waals surface area (Å²) in [6.45, 7) is 4.60. The molecule has 0 saturated heterocycles. The van der Waals surface area contributed by atoms with Gasteiger partial charge in [-0.3, -0.25) is 4.79 Å². The normalized spacial score (nSPS) is 18.5. The van der Waals surface area contributed by atoms with Gasteiger partial charge in [0.2, 0.25) is 0 Å². The van der Waals surface area contributed by atoms with Crippen LogP contribution in [0.2, 0.25) is 5.02 Å². The van der Waals surface area contributed by atoms with Crippen LogP contribution in [0, 0.1) is 8.99 Å². The molecule has 0 radical (unpaired) electrons. The van der Waals surface area contributed by atoms with Gasteiger partial charge < -0.3 is 10.3 Å². The van der Waals surface area contributed by atoms with Crippen LogP contribution in [0.5, 0.6) is 0 Å². The Hall–Kier alpha value is -0.750. The number of halogens is 2. The predicted molar refractivity (Wildman–Crippen MR) is 99.5 cm³/mol. The van der Waals surface area contributed by atoms with E-state index in [1.807, 2.05) is 18.2 Å². The molecule has 3 nitrogen and oxygen atoms in total. The van der Waals surface area contributed by atoms with E-state index in [9.17, 15) is 4.79 Å². The number of hydrogen-bond acceptors (Lipinski definition) is 1. The molecule has 1 aromatic carbocycles. The number of fused-ring (bicyclic) bond motifs is 1. The highest BCUT2D eigenvalue weighted by Crippen LogP contribution is 2.35. The van der Waals surface area contributed by atoms with Gasteiger partial charge in [-0.2, -0.15) is 0 Å². The molecular weight excluding hydrogens is 411 g/mol. The molecule has 1 amide bonds. The molecule has 1 aliphatic rings. The predicted octanol–water partition coefficient (Wildman–Crippen LogP) is 5.12. The molecule has 1 fully saturated rings. The summed E-state index contributed by atoms with van der Waals surface area (Å²) in [6.07, 6.45) is 4.43. The molecule has 1 heterocycles. The Labute approximate surface area is 149 Å². The Morgan fingerprint density at radius 2 is 2.00 bits per heavy atom. The molecule has 2 aromatic rings. The highest BCUT2D eigenvalue weighted by Gasteiger charge is 2.28. The van der Waals surface area contributed by atoms with Crippen molar-refractivity contribution >= 4 is 51.0 Å². The van der Waals surface area contributed by atoms with E-state index in [-0.39, 0.29) is 11.9 Å². The number of hydrogen-bond donors (Lipinski definition) is 2. The molecule has 0 aliphatic heterocycles. The number of aromatic amines is 1. The Kier molecular flexibility index (Phi) is 4.42. The first-order valence-electron chi connectivity index (χ1n) is 7.63. The monoisotopic (exact) mass is 430 g/mol. The van der Waals surface area contributed by atoms with Crippen LogP contribution in [0.3, 0.4) is 0 Å². The van der Waals surface area contributed by atoms with Crippen molar-refractivity contribution in [1.82, 2.24) is 10.3 Å². The van der Waals surface area contributed by atoms with E-state index in [0.717, 1.165) is 40.2 Å². The average Bonchev–Trinajstić information content (AvgIpc) is 2.85. The van der Waals surface area contributed by atoms with Crippen LogP contribution in [0.25, 0.3) is 10.9 Å². The van der Waals surface area contributed by atoms with Crippen LogP contribution in [0.15, 0.2) is 18.2 Å². The number of benzene rings is 1. The maximum absolute atomic E-state index is 12.5. The molecule has 2 N–H and O–H groups in total. The summed E-state index contributed by atoms with van der Waals surface area (Å²) in [5, 5.41) is 4.73. The minimum atomic E-state index is -0.0352. The van der Waals surface area contributed by atoms with E-state index >= 15 is 0 Å². The zero-order valence-corrected chi connectivity index (χ0v) is 15.7. The number of carbonyl (C=O) groups excluding carboxylic acids is 1. The number of amides is 1. The van der Waals surface area contributed by atoms with Crippen LogP contribution < -0.4 is 5.32 Å². The minimum Gasteiger partial charge on any atom is -0.350 e. The second kappa shape index (κ2) is 6.04. The van der Waals surface area contributed by atoms with Crippen molar-refractivity contribution in [3.8, 4) is 0 Å². The minimum absolute atomic E-state index is 0.0352. The Morgan fingerprint density at radius 1 is 1.32 bits per heavy atom. The molecule has 22 heavy (non-hydrogen) atoms. The highest BCUT2D eigenvalue weighted by molar-refractivity contribution is 14.1. The molecule has 0 unspecified atom stereocenters. The SMILES string of the molecule is CC1(C)CCC(NC(=O)c2cc3c(Cl)cc(I)cc3[nH]2)CC1. The first-order valence-corrected chi connectivity index (χ1v) is 9.08. The van der Waals surface area contributed by atoms with Crippen LogP contribution in [0.1, 0.15) is 50.0 Å². The molecule has 1 aromatic heterocycles. The van der Waals surface area contributed by atoms with Gasteiger partial charge in [0.15, 0.2) is 0 Å². The summed E-state index contributed by atoms with van der Waals surface area (Å²) in [5.74, 6) is -0.0352. The third-order valence-electron chi connectivity index (χ3n) is 4.57. The van der Waals surface area contributed by atoms with Crippen LogP contribution >= 0.6 is 34.2 Å². The Bertz CT molecular complexity index is 713. The quantitative estimate of drug-likeness (QED) is 0.638. The molecule has 3 rings (SSSR count). The Balaban J connectivity index is 1.74. The third-order valence-corrected chi connectivity index (χ3v) is 5.51. The van der Waals surface area contributed by atoms with Gasteiger partial charge in [0.1, 0.15) is 5.69 Å². The summed E-state index contributed by atoms with van der Waals surface area (Å²) >= 11 is 8.47. The highest BCUT2D eigenvalue weighted by atomic mass is 127. The molecule has 0 atom stereocenters. The lowest BCUT2D eigenvalue weighted by molar-refractivity contribution is 0.0905. The lowest BCUT2D eigenvalue weighted by atomic mass is 9.75.